The van der Waals surface area contributed by atoms with Crippen LogP contribution in [0.25, 0.3) is 0 Å². The zero-order valence-electron chi connectivity index (χ0n) is 28.4. The maximum atomic E-state index is 11.9. The van der Waals surface area contributed by atoms with Crippen LogP contribution in [-0.4, -0.2) is 25.2 Å². The van der Waals surface area contributed by atoms with Gasteiger partial charge in [-0.3, -0.25) is 9.59 Å². The molecule has 0 N–H and O–H groups in total. The van der Waals surface area contributed by atoms with E-state index in [2.05, 4.69) is 19.1 Å². The van der Waals surface area contributed by atoms with Gasteiger partial charge in [0.15, 0.2) is 0 Å². The Morgan fingerprint density at radius 3 is 1.14 bits per heavy atom. The molecule has 0 unspecified atom stereocenters. The Morgan fingerprint density at radius 2 is 0.738 bits per heavy atom. The van der Waals surface area contributed by atoms with Crippen molar-refractivity contribution in [3.63, 3.8) is 0 Å². The second-order valence-corrected chi connectivity index (χ2v) is 12.4. The van der Waals surface area contributed by atoms with Gasteiger partial charge in [-0.05, 0) is 51.9 Å². The number of allylic oxidation sites excluding steroid dienone is 2. The molecule has 0 spiro atoms. The lowest BCUT2D eigenvalue weighted by molar-refractivity contribution is -0.144. The first kappa shape index (κ1) is 40.7. The molecule has 42 heavy (non-hydrogen) atoms. The van der Waals surface area contributed by atoms with Crippen molar-refractivity contribution < 1.29 is 19.1 Å². The normalized spacial score (nSPS) is 11.4. The summed E-state index contributed by atoms with van der Waals surface area (Å²) in [5.74, 6) is -0.0488. The Labute approximate surface area is 262 Å². The monoisotopic (exact) mass is 593 g/mol. The maximum absolute atomic E-state index is 11.9. The molecule has 0 aromatic heterocycles. The molecule has 0 atom stereocenters. The smallest absolute Gasteiger partial charge is 0.305 e. The van der Waals surface area contributed by atoms with E-state index in [1.165, 1.54) is 154 Å². The number of carbonyl (C=O) groups is 2. The Kier molecular flexibility index (Phi) is 34.7. The lowest BCUT2D eigenvalue weighted by Gasteiger charge is -2.05. The molecule has 0 bridgehead atoms. The van der Waals surface area contributed by atoms with Crippen molar-refractivity contribution in [2.45, 2.75) is 206 Å². The van der Waals surface area contributed by atoms with E-state index in [-0.39, 0.29) is 11.9 Å². The van der Waals surface area contributed by atoms with Gasteiger partial charge < -0.3 is 9.47 Å². The van der Waals surface area contributed by atoms with Gasteiger partial charge >= 0.3 is 11.9 Å². The van der Waals surface area contributed by atoms with E-state index in [9.17, 15) is 9.59 Å². The largest absolute Gasteiger partial charge is 0.466 e. The number of unbranched alkanes of at least 4 members (excludes halogenated alkanes) is 25. The van der Waals surface area contributed by atoms with Crippen molar-refractivity contribution in [2.75, 3.05) is 13.2 Å². The minimum Gasteiger partial charge on any atom is -0.466 e. The van der Waals surface area contributed by atoms with Crippen molar-refractivity contribution in [3.05, 3.63) is 12.2 Å². The summed E-state index contributed by atoms with van der Waals surface area (Å²) in [5, 5.41) is 0. The van der Waals surface area contributed by atoms with Gasteiger partial charge in [0.25, 0.3) is 0 Å². The number of carbonyl (C=O) groups excluding carboxylic acids is 2. The molecule has 0 aliphatic carbocycles. The summed E-state index contributed by atoms with van der Waals surface area (Å²) in [4.78, 5) is 23.2. The zero-order valence-corrected chi connectivity index (χ0v) is 28.4. The number of esters is 2. The second kappa shape index (κ2) is 35.9. The van der Waals surface area contributed by atoms with Crippen LogP contribution in [0.1, 0.15) is 206 Å². The third-order valence-electron chi connectivity index (χ3n) is 8.24. The minimum atomic E-state index is -0.0539. The summed E-state index contributed by atoms with van der Waals surface area (Å²) in [7, 11) is 0. The first-order valence-electron chi connectivity index (χ1n) is 18.7. The van der Waals surface area contributed by atoms with Crippen molar-refractivity contribution >= 4 is 11.9 Å². The molecule has 248 valence electrons. The Morgan fingerprint density at radius 1 is 0.405 bits per heavy atom. The van der Waals surface area contributed by atoms with E-state index in [1.807, 2.05) is 6.92 Å². The molecule has 0 saturated heterocycles. The average molecular weight is 593 g/mol. The van der Waals surface area contributed by atoms with Crippen LogP contribution >= 0.6 is 0 Å². The Balaban J connectivity index is 3.22. The van der Waals surface area contributed by atoms with Crippen molar-refractivity contribution in [1.82, 2.24) is 0 Å². The number of hydrogen-bond acceptors (Lipinski definition) is 4. The number of ether oxygens (including phenoxy) is 2. The number of hydrogen-bond donors (Lipinski definition) is 0. The van der Waals surface area contributed by atoms with Crippen LogP contribution in [0.2, 0.25) is 0 Å². The van der Waals surface area contributed by atoms with E-state index < -0.39 is 0 Å². The van der Waals surface area contributed by atoms with Crippen LogP contribution in [0.3, 0.4) is 0 Å². The summed E-state index contributed by atoms with van der Waals surface area (Å²) < 4.78 is 10.4. The van der Waals surface area contributed by atoms with Crippen LogP contribution < -0.4 is 0 Å². The van der Waals surface area contributed by atoms with E-state index >= 15 is 0 Å². The van der Waals surface area contributed by atoms with E-state index in [0.717, 1.165) is 25.7 Å². The van der Waals surface area contributed by atoms with Crippen LogP contribution in [0.15, 0.2) is 12.2 Å². The van der Waals surface area contributed by atoms with Gasteiger partial charge in [-0.15, -0.1) is 0 Å². The third kappa shape index (κ3) is 34.9. The van der Waals surface area contributed by atoms with Gasteiger partial charge in [-0.2, -0.15) is 0 Å². The molecule has 4 heteroatoms. The molecule has 0 aliphatic heterocycles. The van der Waals surface area contributed by atoms with Gasteiger partial charge in [0.05, 0.1) is 13.2 Å². The zero-order chi connectivity index (χ0) is 30.6. The molecule has 0 radical (unpaired) electrons. The highest BCUT2D eigenvalue weighted by atomic mass is 16.5. The molecule has 4 nitrogen and oxygen atoms in total. The minimum absolute atomic E-state index is 0.00508. The standard InChI is InChI=1S/C38H72O4/c1-3-5-6-7-8-9-10-11-13-16-20-23-26-29-32-35-38(40)42-36-33-30-27-24-21-18-15-12-14-17-19-22-25-28-31-34-37(39)41-4-2/h12,14H,3-11,13,15-36H2,1-2H3/b14-12+. The SMILES string of the molecule is CCCCCCCCCCCCCCCCCC(=O)OCCCCCCCC/C=C/CCCCCCCC(=O)OCC. The molecular formula is C38H72O4. The van der Waals surface area contributed by atoms with Crippen LogP contribution in [0.4, 0.5) is 0 Å². The predicted octanol–water partition coefficient (Wildman–Crippen LogP) is 12.4. The van der Waals surface area contributed by atoms with E-state index in [0.29, 0.717) is 26.1 Å². The molecule has 0 aromatic carbocycles. The van der Waals surface area contributed by atoms with Crippen molar-refractivity contribution in [1.29, 1.82) is 0 Å². The van der Waals surface area contributed by atoms with E-state index in [1.54, 1.807) is 0 Å². The first-order chi connectivity index (χ1) is 20.7. The van der Waals surface area contributed by atoms with Crippen LogP contribution in [0, 0.1) is 0 Å². The fourth-order valence-corrected chi connectivity index (χ4v) is 5.50. The molecule has 0 rings (SSSR count). The predicted molar refractivity (Wildman–Crippen MR) is 181 cm³/mol. The maximum Gasteiger partial charge on any atom is 0.305 e. The topological polar surface area (TPSA) is 52.6 Å². The second-order valence-electron chi connectivity index (χ2n) is 12.4. The summed E-state index contributed by atoms with van der Waals surface area (Å²) in [5.41, 5.74) is 0. The Bertz CT molecular complexity index is 586. The summed E-state index contributed by atoms with van der Waals surface area (Å²) in [6.07, 6.45) is 41.5. The lowest BCUT2D eigenvalue weighted by Crippen LogP contribution is -2.05. The molecule has 0 aliphatic rings. The molecule has 0 heterocycles. The van der Waals surface area contributed by atoms with Crippen LogP contribution in [0.5, 0.6) is 0 Å². The number of rotatable bonds is 34. The van der Waals surface area contributed by atoms with Gasteiger partial charge in [0.1, 0.15) is 0 Å². The molecule has 0 aromatic rings. The first-order valence-corrected chi connectivity index (χ1v) is 18.7. The Hall–Kier alpha value is -1.32. The van der Waals surface area contributed by atoms with Gasteiger partial charge in [-0.1, -0.05) is 154 Å². The summed E-state index contributed by atoms with van der Waals surface area (Å²) >= 11 is 0. The van der Waals surface area contributed by atoms with Crippen molar-refractivity contribution in [2.24, 2.45) is 0 Å². The van der Waals surface area contributed by atoms with Gasteiger partial charge in [0, 0.05) is 12.8 Å². The molecule has 0 fully saturated rings. The summed E-state index contributed by atoms with van der Waals surface area (Å²) in [6, 6.07) is 0. The summed E-state index contributed by atoms with van der Waals surface area (Å²) in [6.45, 7) is 5.23. The molecule has 0 saturated carbocycles. The van der Waals surface area contributed by atoms with Gasteiger partial charge in [-0.25, -0.2) is 0 Å². The fourth-order valence-electron chi connectivity index (χ4n) is 5.50. The molecule has 0 amide bonds. The highest BCUT2D eigenvalue weighted by molar-refractivity contribution is 5.69. The lowest BCUT2D eigenvalue weighted by atomic mass is 10.0. The van der Waals surface area contributed by atoms with Crippen LogP contribution in [-0.2, 0) is 19.1 Å². The quantitative estimate of drug-likeness (QED) is 0.0423. The van der Waals surface area contributed by atoms with Gasteiger partial charge in [0.2, 0.25) is 0 Å². The highest BCUT2D eigenvalue weighted by Crippen LogP contribution is 2.14. The highest BCUT2D eigenvalue weighted by Gasteiger charge is 2.03. The third-order valence-corrected chi connectivity index (χ3v) is 8.24. The fraction of sp³-hybridized carbons (Fsp3) is 0.895. The molecular weight excluding hydrogens is 520 g/mol. The average Bonchev–Trinajstić information content (AvgIpc) is 2.98. The van der Waals surface area contributed by atoms with E-state index in [4.69, 9.17) is 9.47 Å². The van der Waals surface area contributed by atoms with Crippen molar-refractivity contribution in [3.8, 4) is 0 Å².